The minimum absolute atomic E-state index is 0.201. The van der Waals surface area contributed by atoms with Gasteiger partial charge in [-0.05, 0) is 32.4 Å². The molecule has 0 aliphatic heterocycles. The van der Waals surface area contributed by atoms with Crippen molar-refractivity contribution < 1.29 is 14.3 Å². The first kappa shape index (κ1) is 20.4. The van der Waals surface area contributed by atoms with Crippen molar-refractivity contribution in [3.05, 3.63) is 70.0 Å². The topological polar surface area (TPSA) is 61.2 Å². The van der Waals surface area contributed by atoms with E-state index in [9.17, 15) is 9.59 Å². The summed E-state index contributed by atoms with van der Waals surface area (Å²) in [6, 6.07) is 10.0. The molecular weight excluding hydrogens is 392 g/mol. The largest absolute Gasteiger partial charge is 0.457 e. The van der Waals surface area contributed by atoms with Gasteiger partial charge in [-0.3, -0.25) is 14.2 Å². The quantitative estimate of drug-likeness (QED) is 0.401. The highest BCUT2D eigenvalue weighted by molar-refractivity contribution is 7.99. The van der Waals surface area contributed by atoms with Crippen LogP contribution in [0, 0.1) is 20.8 Å². The van der Waals surface area contributed by atoms with E-state index in [-0.39, 0.29) is 24.1 Å². The van der Waals surface area contributed by atoms with Crippen LogP contribution in [-0.4, -0.2) is 33.7 Å². The SMILES string of the molecule is Cc1ccc(CSCC(=O)OCC(=O)c2cc(C)n(-c3nccs3)c2C)cc1. The zero-order valence-electron chi connectivity index (χ0n) is 16.1. The molecule has 7 heteroatoms. The van der Waals surface area contributed by atoms with Gasteiger partial charge in [-0.15, -0.1) is 23.1 Å². The van der Waals surface area contributed by atoms with Crippen LogP contribution in [0.4, 0.5) is 0 Å². The number of Topliss-reactive ketones (excluding diaryl/α,β-unsaturated/α-hetero) is 1. The summed E-state index contributed by atoms with van der Waals surface area (Å²) in [4.78, 5) is 28.8. The number of thioether (sulfide) groups is 1. The Morgan fingerprint density at radius 3 is 2.61 bits per heavy atom. The molecule has 0 spiro atoms. The van der Waals surface area contributed by atoms with E-state index in [1.807, 2.05) is 36.8 Å². The number of carbonyl (C=O) groups excluding carboxylic acids is 2. The van der Waals surface area contributed by atoms with Crippen LogP contribution >= 0.6 is 23.1 Å². The molecule has 0 radical (unpaired) electrons. The number of ketones is 1. The van der Waals surface area contributed by atoms with Crippen LogP contribution < -0.4 is 0 Å². The number of esters is 1. The summed E-state index contributed by atoms with van der Waals surface area (Å²) in [5, 5.41) is 2.71. The molecule has 1 aromatic carbocycles. The molecule has 0 atom stereocenters. The van der Waals surface area contributed by atoms with E-state index in [1.165, 1.54) is 28.7 Å². The molecule has 0 saturated carbocycles. The van der Waals surface area contributed by atoms with Crippen molar-refractivity contribution in [2.24, 2.45) is 0 Å². The number of carbonyl (C=O) groups is 2. The van der Waals surface area contributed by atoms with E-state index in [2.05, 4.69) is 29.2 Å². The molecule has 0 saturated heterocycles. The van der Waals surface area contributed by atoms with Gasteiger partial charge in [-0.2, -0.15) is 0 Å². The Bertz CT molecular complexity index is 960. The van der Waals surface area contributed by atoms with Crippen LogP contribution in [0.5, 0.6) is 0 Å². The predicted octanol–water partition coefficient (Wildman–Crippen LogP) is 4.52. The smallest absolute Gasteiger partial charge is 0.316 e. The van der Waals surface area contributed by atoms with E-state index in [1.54, 1.807) is 6.20 Å². The lowest BCUT2D eigenvalue weighted by Gasteiger charge is -2.06. The molecular formula is C21H22N2O3S2. The van der Waals surface area contributed by atoms with Crippen molar-refractivity contribution in [2.75, 3.05) is 12.4 Å². The van der Waals surface area contributed by atoms with Crippen molar-refractivity contribution in [3.8, 4) is 5.13 Å². The molecule has 0 aliphatic carbocycles. The molecule has 3 aromatic rings. The summed E-state index contributed by atoms with van der Waals surface area (Å²) < 4.78 is 7.12. The molecule has 0 N–H and O–H groups in total. The maximum atomic E-state index is 12.5. The monoisotopic (exact) mass is 414 g/mol. The van der Waals surface area contributed by atoms with E-state index in [0.29, 0.717) is 5.56 Å². The lowest BCUT2D eigenvalue weighted by molar-refractivity contribution is -0.139. The van der Waals surface area contributed by atoms with Crippen LogP contribution in [0.1, 0.15) is 32.9 Å². The minimum Gasteiger partial charge on any atom is -0.457 e. The molecule has 0 unspecified atom stereocenters. The lowest BCUT2D eigenvalue weighted by atomic mass is 10.1. The average molecular weight is 415 g/mol. The molecule has 2 heterocycles. The van der Waals surface area contributed by atoms with Crippen LogP contribution in [0.15, 0.2) is 41.9 Å². The molecule has 0 aliphatic rings. The third-order valence-electron chi connectivity index (χ3n) is 4.32. The first-order valence-corrected chi connectivity index (χ1v) is 10.9. The highest BCUT2D eigenvalue weighted by Gasteiger charge is 2.19. The van der Waals surface area contributed by atoms with E-state index >= 15 is 0 Å². The second-order valence-corrected chi connectivity index (χ2v) is 8.36. The predicted molar refractivity (Wildman–Crippen MR) is 114 cm³/mol. The highest BCUT2D eigenvalue weighted by atomic mass is 32.2. The Hall–Kier alpha value is -2.38. The van der Waals surface area contributed by atoms with Gasteiger partial charge >= 0.3 is 5.97 Å². The van der Waals surface area contributed by atoms with Gasteiger partial charge in [0.05, 0.1) is 5.75 Å². The first-order chi connectivity index (χ1) is 13.5. The van der Waals surface area contributed by atoms with Gasteiger partial charge in [0.2, 0.25) is 5.78 Å². The van der Waals surface area contributed by atoms with Crippen molar-refractivity contribution >= 4 is 34.9 Å². The number of benzene rings is 1. The molecule has 5 nitrogen and oxygen atoms in total. The minimum atomic E-state index is -0.376. The van der Waals surface area contributed by atoms with Crippen molar-refractivity contribution in [1.82, 2.24) is 9.55 Å². The third-order valence-corrected chi connectivity index (χ3v) is 6.05. The number of aryl methyl sites for hydroxylation is 2. The number of rotatable bonds is 8. The molecule has 0 bridgehead atoms. The number of ether oxygens (including phenoxy) is 1. The van der Waals surface area contributed by atoms with Gasteiger partial charge in [0.25, 0.3) is 0 Å². The van der Waals surface area contributed by atoms with Gasteiger partial charge in [0, 0.05) is 34.3 Å². The Morgan fingerprint density at radius 1 is 1.18 bits per heavy atom. The third kappa shape index (κ3) is 4.91. The summed E-state index contributed by atoms with van der Waals surface area (Å²) in [5.41, 5.74) is 4.67. The Balaban J connectivity index is 1.50. The van der Waals surface area contributed by atoms with Gasteiger partial charge in [-0.1, -0.05) is 29.8 Å². The second-order valence-electron chi connectivity index (χ2n) is 6.50. The van der Waals surface area contributed by atoms with Crippen molar-refractivity contribution in [1.29, 1.82) is 0 Å². The molecule has 3 rings (SSSR count). The van der Waals surface area contributed by atoms with E-state index in [0.717, 1.165) is 27.8 Å². The fourth-order valence-corrected chi connectivity index (χ4v) is 4.40. The Kier molecular flexibility index (Phi) is 6.70. The first-order valence-electron chi connectivity index (χ1n) is 8.86. The Labute approximate surface area is 172 Å². The summed E-state index contributed by atoms with van der Waals surface area (Å²) in [7, 11) is 0. The maximum absolute atomic E-state index is 12.5. The maximum Gasteiger partial charge on any atom is 0.316 e. The molecule has 0 fully saturated rings. The lowest BCUT2D eigenvalue weighted by Crippen LogP contribution is -2.16. The number of thiazole rings is 1. The summed E-state index contributed by atoms with van der Waals surface area (Å²) in [6.07, 6.45) is 1.73. The van der Waals surface area contributed by atoms with Crippen LogP contribution in [0.2, 0.25) is 0 Å². The van der Waals surface area contributed by atoms with Crippen LogP contribution in [-0.2, 0) is 15.3 Å². The number of hydrogen-bond acceptors (Lipinski definition) is 6. The van der Waals surface area contributed by atoms with Crippen molar-refractivity contribution in [3.63, 3.8) is 0 Å². The van der Waals surface area contributed by atoms with Gasteiger partial charge in [-0.25, -0.2) is 4.98 Å². The fraction of sp³-hybridized carbons (Fsp3) is 0.286. The van der Waals surface area contributed by atoms with Crippen LogP contribution in [0.3, 0.4) is 0 Å². The fourth-order valence-electron chi connectivity index (χ4n) is 2.87. The second kappa shape index (κ2) is 9.21. The number of hydrogen-bond donors (Lipinski definition) is 0. The standard InChI is InChI=1S/C21H22N2O3S2/c1-14-4-6-17(7-5-14)12-27-13-20(25)26-11-19(24)18-10-15(2)23(16(18)3)21-22-8-9-28-21/h4-10H,11-13H2,1-3H3. The molecule has 2 aromatic heterocycles. The summed E-state index contributed by atoms with van der Waals surface area (Å²) in [6.45, 7) is 5.60. The van der Waals surface area contributed by atoms with E-state index in [4.69, 9.17) is 4.74 Å². The highest BCUT2D eigenvalue weighted by Crippen LogP contribution is 2.22. The number of aromatic nitrogens is 2. The molecule has 146 valence electrons. The van der Waals surface area contributed by atoms with Crippen molar-refractivity contribution in [2.45, 2.75) is 26.5 Å². The van der Waals surface area contributed by atoms with E-state index < -0.39 is 0 Å². The average Bonchev–Trinajstić information content (AvgIpc) is 3.29. The zero-order valence-corrected chi connectivity index (χ0v) is 17.7. The molecule has 0 amide bonds. The van der Waals surface area contributed by atoms with Crippen LogP contribution in [0.25, 0.3) is 5.13 Å². The van der Waals surface area contributed by atoms with Gasteiger partial charge < -0.3 is 4.74 Å². The molecule has 28 heavy (non-hydrogen) atoms. The van der Waals surface area contributed by atoms with Gasteiger partial charge in [0.1, 0.15) is 0 Å². The summed E-state index contributed by atoms with van der Waals surface area (Å²) >= 11 is 2.99. The Morgan fingerprint density at radius 2 is 1.93 bits per heavy atom. The normalized spacial score (nSPS) is 10.8. The summed E-state index contributed by atoms with van der Waals surface area (Å²) in [5.74, 6) is 0.379. The number of nitrogens with zero attached hydrogens (tertiary/aromatic N) is 2. The van der Waals surface area contributed by atoms with Gasteiger partial charge in [0.15, 0.2) is 11.7 Å². The zero-order chi connectivity index (χ0) is 20.1.